The van der Waals surface area contributed by atoms with Gasteiger partial charge in [0.05, 0.1) is 0 Å². The molecule has 0 N–H and O–H groups in total. The van der Waals surface area contributed by atoms with Crippen molar-refractivity contribution in [2.24, 2.45) is 5.11 Å². The molecule has 0 unspecified atom stereocenters. The molecule has 0 aromatic rings. The van der Waals surface area contributed by atoms with Gasteiger partial charge in [-0.25, -0.2) is 0 Å². The van der Waals surface area contributed by atoms with E-state index in [0.717, 1.165) is 27.7 Å². The molecule has 162 valence electrons. The van der Waals surface area contributed by atoms with Crippen LogP contribution in [-0.4, -0.2) is 67.2 Å². The third kappa shape index (κ3) is 7.22. The Labute approximate surface area is 165 Å². The lowest BCUT2D eigenvalue weighted by molar-refractivity contribution is -0.595. The minimum atomic E-state index is -2.55. The van der Waals surface area contributed by atoms with Gasteiger partial charge in [0.2, 0.25) is 0 Å². The Bertz CT molecular complexity index is 692. The van der Waals surface area contributed by atoms with Crippen LogP contribution in [0.25, 0.3) is 10.4 Å². The van der Waals surface area contributed by atoms with Crippen LogP contribution >= 0.6 is 0 Å². The van der Waals surface area contributed by atoms with Crippen LogP contribution < -0.4 is 5.11 Å². The van der Waals surface area contributed by atoms with Crippen molar-refractivity contribution in [2.75, 3.05) is 13.2 Å². The maximum atomic E-state index is 13.4. The molecule has 0 radical (unpaired) electrons. The number of azide groups is 1. The highest BCUT2D eigenvalue weighted by Crippen LogP contribution is 2.34. The van der Waals surface area contributed by atoms with Gasteiger partial charge >= 0.3 is 23.9 Å². The Morgan fingerprint density at radius 3 is 2.03 bits per heavy atom. The molecule has 0 spiro atoms. The lowest BCUT2D eigenvalue weighted by atomic mass is 9.90. The van der Waals surface area contributed by atoms with Gasteiger partial charge in [0.1, 0.15) is 12.7 Å². The second-order valence-corrected chi connectivity index (χ2v) is 6.15. The standard InChI is InChI=1S/C16H22N3O10/c1-8(20)25-7-12-13(26-9(2)21)14(27-10(3)22)15(28-11(4)23)16(24,29-12)5-6-18-19-17/h12-15H,5-7H2,1-4H3/q-1/t12-,13-,14+,15-,16-/m1/s1. The Balaban J connectivity index is 3.41. The number of carbonyl (C=O) groups excluding carboxylic acids is 4. The van der Waals surface area contributed by atoms with E-state index in [1.165, 1.54) is 0 Å². The Morgan fingerprint density at radius 2 is 1.55 bits per heavy atom. The number of ether oxygens (including phenoxy) is 5. The van der Waals surface area contributed by atoms with Crippen molar-refractivity contribution < 1.29 is 48.0 Å². The SMILES string of the molecule is CC(=O)OC[C@H]1O[C@]([O-])(CCN=[N+]=[N-])[C@H](OC(C)=O)[C@@H](OC(C)=O)[C@@H]1OC(C)=O. The fourth-order valence-electron chi connectivity index (χ4n) is 2.80. The van der Waals surface area contributed by atoms with Gasteiger partial charge in [-0.05, 0) is 12.0 Å². The Morgan fingerprint density at radius 1 is 1.00 bits per heavy atom. The summed E-state index contributed by atoms with van der Waals surface area (Å²) >= 11 is 0. The van der Waals surface area contributed by atoms with E-state index < -0.39 is 67.1 Å². The largest absolute Gasteiger partial charge is 0.826 e. The molecule has 1 saturated heterocycles. The van der Waals surface area contributed by atoms with Crippen LogP contribution in [-0.2, 0) is 42.9 Å². The van der Waals surface area contributed by atoms with Crippen LogP contribution in [0.2, 0.25) is 0 Å². The predicted molar refractivity (Wildman–Crippen MR) is 89.5 cm³/mol. The molecule has 0 saturated carbocycles. The van der Waals surface area contributed by atoms with E-state index in [1.807, 2.05) is 0 Å². The topological polar surface area (TPSA) is 186 Å². The minimum Gasteiger partial charge on any atom is -0.826 e. The number of hydrogen-bond donors (Lipinski definition) is 0. The van der Waals surface area contributed by atoms with E-state index in [-0.39, 0.29) is 6.54 Å². The molecule has 5 atom stereocenters. The Hall–Kier alpha value is -2.89. The summed E-state index contributed by atoms with van der Waals surface area (Å²) in [6.07, 6.45) is -6.53. The quantitative estimate of drug-likeness (QED) is 0.164. The summed E-state index contributed by atoms with van der Waals surface area (Å²) in [5.74, 6) is -5.80. The monoisotopic (exact) mass is 416 g/mol. The molecule has 13 heteroatoms. The van der Waals surface area contributed by atoms with Crippen molar-refractivity contribution >= 4 is 23.9 Å². The fourth-order valence-corrected chi connectivity index (χ4v) is 2.80. The molecule has 1 aliphatic heterocycles. The number of carbonyl (C=O) groups is 4. The molecule has 29 heavy (non-hydrogen) atoms. The third-order valence-corrected chi connectivity index (χ3v) is 3.74. The van der Waals surface area contributed by atoms with Gasteiger partial charge in [-0.2, -0.15) is 0 Å². The molecule has 0 aliphatic carbocycles. The highest BCUT2D eigenvalue weighted by Gasteiger charge is 2.54. The first-order chi connectivity index (χ1) is 13.5. The fraction of sp³-hybridized carbons (Fsp3) is 0.750. The van der Waals surface area contributed by atoms with Gasteiger partial charge < -0.3 is 28.8 Å². The summed E-state index contributed by atoms with van der Waals surface area (Å²) in [4.78, 5) is 48.5. The molecule has 0 bridgehead atoms. The summed E-state index contributed by atoms with van der Waals surface area (Å²) in [6.45, 7) is 3.39. The first-order valence-corrected chi connectivity index (χ1v) is 8.54. The van der Waals surface area contributed by atoms with Crippen LogP contribution in [0.1, 0.15) is 34.1 Å². The van der Waals surface area contributed by atoms with Crippen molar-refractivity contribution in [2.45, 2.75) is 64.3 Å². The van der Waals surface area contributed by atoms with Crippen molar-refractivity contribution in [3.05, 3.63) is 10.4 Å². The minimum absolute atomic E-state index is 0.330. The van der Waals surface area contributed by atoms with Gasteiger partial charge in [0, 0.05) is 44.9 Å². The van der Waals surface area contributed by atoms with Crippen LogP contribution in [0.3, 0.4) is 0 Å². The van der Waals surface area contributed by atoms with Crippen LogP contribution in [0.15, 0.2) is 5.11 Å². The highest BCUT2D eigenvalue weighted by molar-refractivity contribution is 5.68. The van der Waals surface area contributed by atoms with Crippen molar-refractivity contribution in [3.8, 4) is 0 Å². The lowest BCUT2D eigenvalue weighted by Gasteiger charge is -2.55. The summed E-state index contributed by atoms with van der Waals surface area (Å²) in [7, 11) is 0. The number of nitrogens with zero attached hydrogens (tertiary/aromatic N) is 3. The zero-order valence-electron chi connectivity index (χ0n) is 16.4. The second kappa shape index (κ2) is 10.6. The van der Waals surface area contributed by atoms with Crippen molar-refractivity contribution in [3.63, 3.8) is 0 Å². The molecule has 1 heterocycles. The summed E-state index contributed by atoms with van der Waals surface area (Å²) < 4.78 is 25.6. The maximum absolute atomic E-state index is 13.4. The van der Waals surface area contributed by atoms with Crippen LogP contribution in [0.4, 0.5) is 0 Å². The molecule has 0 amide bonds. The van der Waals surface area contributed by atoms with E-state index in [9.17, 15) is 24.3 Å². The normalized spacial score (nSPS) is 28.4. The van der Waals surface area contributed by atoms with E-state index in [4.69, 9.17) is 29.2 Å². The summed E-state index contributed by atoms with van der Waals surface area (Å²) in [6, 6.07) is 0. The molecule has 1 rings (SSSR count). The van der Waals surface area contributed by atoms with Crippen LogP contribution in [0.5, 0.6) is 0 Å². The zero-order chi connectivity index (χ0) is 22.2. The molecular formula is C16H22N3O10-. The number of hydrogen-bond acceptors (Lipinski definition) is 11. The van der Waals surface area contributed by atoms with E-state index in [0.29, 0.717) is 0 Å². The highest BCUT2D eigenvalue weighted by atomic mass is 16.7. The zero-order valence-corrected chi connectivity index (χ0v) is 16.4. The second-order valence-electron chi connectivity index (χ2n) is 6.15. The van der Waals surface area contributed by atoms with Gasteiger partial charge in [0.15, 0.2) is 18.3 Å². The van der Waals surface area contributed by atoms with E-state index in [2.05, 4.69) is 10.0 Å². The van der Waals surface area contributed by atoms with E-state index >= 15 is 0 Å². The first kappa shape index (κ1) is 24.1. The molecule has 1 aliphatic rings. The molecule has 0 aromatic carbocycles. The molecule has 0 aromatic heterocycles. The smallest absolute Gasteiger partial charge is 0.303 e. The first-order valence-electron chi connectivity index (χ1n) is 8.54. The predicted octanol–water partition coefficient (Wildman–Crippen LogP) is -0.500. The van der Waals surface area contributed by atoms with Crippen molar-refractivity contribution in [1.82, 2.24) is 0 Å². The lowest BCUT2D eigenvalue weighted by Crippen LogP contribution is -2.73. The van der Waals surface area contributed by atoms with Crippen molar-refractivity contribution in [1.29, 1.82) is 0 Å². The Kier molecular flexibility index (Phi) is 8.83. The van der Waals surface area contributed by atoms with Gasteiger partial charge in [-0.1, -0.05) is 5.11 Å². The summed E-state index contributed by atoms with van der Waals surface area (Å²) in [5, 5.41) is 16.6. The van der Waals surface area contributed by atoms with Crippen LogP contribution in [0, 0.1) is 0 Å². The average molecular weight is 416 g/mol. The molecule has 1 fully saturated rings. The number of rotatable bonds is 8. The molecule has 13 nitrogen and oxygen atoms in total. The third-order valence-electron chi connectivity index (χ3n) is 3.74. The van der Waals surface area contributed by atoms with Gasteiger partial charge in [-0.3, -0.25) is 19.2 Å². The summed E-state index contributed by atoms with van der Waals surface area (Å²) in [5.41, 5.74) is 8.45. The molecular weight excluding hydrogens is 394 g/mol. The van der Waals surface area contributed by atoms with Gasteiger partial charge in [-0.15, -0.1) is 0 Å². The maximum Gasteiger partial charge on any atom is 0.303 e. The van der Waals surface area contributed by atoms with E-state index in [1.54, 1.807) is 0 Å². The number of esters is 4. The van der Waals surface area contributed by atoms with Gasteiger partial charge in [0.25, 0.3) is 0 Å². The average Bonchev–Trinajstić information content (AvgIpc) is 2.58.